The van der Waals surface area contributed by atoms with Crippen molar-refractivity contribution in [2.45, 2.75) is 13.3 Å². The molecule has 6 heteroatoms. The van der Waals surface area contributed by atoms with Crippen molar-refractivity contribution in [2.24, 2.45) is 0 Å². The first-order valence-corrected chi connectivity index (χ1v) is 6.65. The number of halogens is 2. The van der Waals surface area contributed by atoms with Crippen molar-refractivity contribution in [1.82, 2.24) is 0 Å². The molecule has 0 aliphatic rings. The predicted molar refractivity (Wildman–Crippen MR) is 61.2 cm³/mol. The minimum atomic E-state index is -3.55. The lowest BCUT2D eigenvalue weighted by molar-refractivity contribution is 0.485. The summed E-state index contributed by atoms with van der Waals surface area (Å²) < 4.78 is 27.5. The Hall–Kier alpha value is -0.450. The second kappa shape index (κ2) is 5.05. The van der Waals surface area contributed by atoms with Gasteiger partial charge in [0.25, 0.3) is 0 Å². The van der Waals surface area contributed by atoms with Gasteiger partial charge in [0.2, 0.25) is 0 Å². The van der Waals surface area contributed by atoms with Gasteiger partial charge in [0.15, 0.2) is 5.75 Å². The molecule has 1 aromatic rings. The van der Waals surface area contributed by atoms with E-state index in [1.54, 1.807) is 6.92 Å². The van der Waals surface area contributed by atoms with Gasteiger partial charge in [-0.15, -0.1) is 0 Å². The second-order valence-corrected chi connectivity index (χ2v) is 5.45. The molecule has 84 valence electrons. The fourth-order valence-electron chi connectivity index (χ4n) is 0.971. The van der Waals surface area contributed by atoms with Crippen LogP contribution in [0.2, 0.25) is 10.0 Å². The molecule has 0 N–H and O–H groups in total. The Bertz CT molecular complexity index is 443. The van der Waals surface area contributed by atoms with Gasteiger partial charge in [-0.25, -0.2) is 0 Å². The van der Waals surface area contributed by atoms with E-state index in [9.17, 15) is 8.42 Å². The molecular weight excluding hydrogens is 259 g/mol. The van der Waals surface area contributed by atoms with E-state index in [0.29, 0.717) is 11.4 Å². The monoisotopic (exact) mass is 268 g/mol. The molecule has 0 atom stereocenters. The summed E-state index contributed by atoms with van der Waals surface area (Å²) in [5, 5.41) is 0.613. The molecule has 0 saturated carbocycles. The van der Waals surface area contributed by atoms with Crippen molar-refractivity contribution >= 4 is 33.3 Å². The Morgan fingerprint density at radius 1 is 1.33 bits per heavy atom. The van der Waals surface area contributed by atoms with Crippen LogP contribution in [0.1, 0.15) is 13.3 Å². The topological polar surface area (TPSA) is 43.4 Å². The molecule has 0 fully saturated rings. The van der Waals surface area contributed by atoms with Crippen LogP contribution in [0.15, 0.2) is 18.2 Å². The van der Waals surface area contributed by atoms with Gasteiger partial charge < -0.3 is 4.18 Å². The van der Waals surface area contributed by atoms with Crippen molar-refractivity contribution in [2.75, 3.05) is 5.75 Å². The predicted octanol–water partition coefficient (Wildman–Crippen LogP) is 3.11. The van der Waals surface area contributed by atoms with Crippen LogP contribution in [0, 0.1) is 0 Å². The van der Waals surface area contributed by atoms with Crippen molar-refractivity contribution in [3.05, 3.63) is 28.2 Å². The summed E-state index contributed by atoms with van der Waals surface area (Å²) >= 11 is 11.4. The molecule has 0 aliphatic heterocycles. The quantitative estimate of drug-likeness (QED) is 0.789. The van der Waals surface area contributed by atoms with Crippen molar-refractivity contribution < 1.29 is 12.6 Å². The van der Waals surface area contributed by atoms with Crippen LogP contribution in [0.5, 0.6) is 5.75 Å². The molecule has 3 nitrogen and oxygen atoms in total. The average molecular weight is 269 g/mol. The minimum absolute atomic E-state index is 0.0358. The summed E-state index contributed by atoms with van der Waals surface area (Å²) in [4.78, 5) is 0. The van der Waals surface area contributed by atoms with E-state index in [0.717, 1.165) is 0 Å². The third-order valence-electron chi connectivity index (χ3n) is 1.56. The van der Waals surface area contributed by atoms with E-state index in [1.165, 1.54) is 18.2 Å². The lowest BCUT2D eigenvalue weighted by Gasteiger charge is -2.07. The van der Waals surface area contributed by atoms with Gasteiger partial charge in [0.1, 0.15) is 0 Å². The number of hydrogen-bond donors (Lipinski definition) is 0. The van der Waals surface area contributed by atoms with E-state index in [2.05, 4.69) is 0 Å². The van der Waals surface area contributed by atoms with Crippen molar-refractivity contribution in [3.63, 3.8) is 0 Å². The summed E-state index contributed by atoms with van der Waals surface area (Å²) in [6.07, 6.45) is 0.494. The molecule has 1 aromatic carbocycles. The first-order valence-electron chi connectivity index (χ1n) is 4.32. The average Bonchev–Trinajstić information content (AvgIpc) is 2.09. The fourth-order valence-corrected chi connectivity index (χ4v) is 2.47. The first-order chi connectivity index (χ1) is 6.94. The van der Waals surface area contributed by atoms with Crippen LogP contribution in [0.3, 0.4) is 0 Å². The highest BCUT2D eigenvalue weighted by molar-refractivity contribution is 7.87. The summed E-state index contributed by atoms with van der Waals surface area (Å²) in [6.45, 7) is 1.75. The Morgan fingerprint density at radius 2 is 2.00 bits per heavy atom. The smallest absolute Gasteiger partial charge is 0.309 e. The SMILES string of the molecule is CCCS(=O)(=O)Oc1ccc(Cl)cc1Cl. The molecule has 0 unspecified atom stereocenters. The molecule has 0 amide bonds. The lowest BCUT2D eigenvalue weighted by atomic mass is 10.3. The zero-order chi connectivity index (χ0) is 11.5. The molecular formula is C9H10Cl2O3S. The van der Waals surface area contributed by atoms with Crippen LogP contribution in [0.25, 0.3) is 0 Å². The van der Waals surface area contributed by atoms with E-state index in [4.69, 9.17) is 27.4 Å². The molecule has 0 bridgehead atoms. The van der Waals surface area contributed by atoms with Crippen molar-refractivity contribution in [1.29, 1.82) is 0 Å². The summed E-state index contributed by atoms with van der Waals surface area (Å²) in [5.74, 6) is 0.0703. The van der Waals surface area contributed by atoms with Crippen molar-refractivity contribution in [3.8, 4) is 5.75 Å². The maximum absolute atomic E-state index is 11.3. The Balaban J connectivity index is 2.90. The zero-order valence-electron chi connectivity index (χ0n) is 8.04. The van der Waals surface area contributed by atoms with Gasteiger partial charge in [0, 0.05) is 5.02 Å². The van der Waals surface area contributed by atoms with E-state index >= 15 is 0 Å². The van der Waals surface area contributed by atoms with Crippen LogP contribution in [0.4, 0.5) is 0 Å². The van der Waals surface area contributed by atoms with Gasteiger partial charge in [-0.3, -0.25) is 0 Å². The highest BCUT2D eigenvalue weighted by atomic mass is 35.5. The second-order valence-electron chi connectivity index (χ2n) is 2.92. The number of rotatable bonds is 4. The largest absolute Gasteiger partial charge is 0.381 e. The third kappa shape index (κ3) is 3.89. The number of hydrogen-bond acceptors (Lipinski definition) is 3. The first kappa shape index (κ1) is 12.6. The normalized spacial score (nSPS) is 11.4. The van der Waals surface area contributed by atoms with Gasteiger partial charge >= 0.3 is 10.1 Å². The maximum Gasteiger partial charge on any atom is 0.309 e. The number of benzene rings is 1. The van der Waals surface area contributed by atoms with E-state index < -0.39 is 10.1 Å². The fraction of sp³-hybridized carbons (Fsp3) is 0.333. The van der Waals surface area contributed by atoms with Crippen LogP contribution in [-0.4, -0.2) is 14.2 Å². The minimum Gasteiger partial charge on any atom is -0.381 e. The van der Waals surface area contributed by atoms with Gasteiger partial charge in [-0.05, 0) is 24.6 Å². The molecule has 0 aliphatic carbocycles. The Labute approximate surface area is 99.1 Å². The maximum atomic E-state index is 11.3. The molecule has 0 spiro atoms. The summed E-state index contributed by atoms with van der Waals surface area (Å²) in [5.41, 5.74) is 0. The Kier molecular flexibility index (Phi) is 4.25. The standard InChI is InChI=1S/C9H10Cl2O3S/c1-2-5-15(12,13)14-9-4-3-7(10)6-8(9)11/h3-4,6H,2,5H2,1H3. The highest BCUT2D eigenvalue weighted by Crippen LogP contribution is 2.28. The van der Waals surface area contributed by atoms with Crippen LogP contribution in [-0.2, 0) is 10.1 Å². The Morgan fingerprint density at radius 3 is 2.53 bits per heavy atom. The van der Waals surface area contributed by atoms with E-state index in [1.807, 2.05) is 0 Å². The molecule has 0 radical (unpaired) electrons. The lowest BCUT2D eigenvalue weighted by Crippen LogP contribution is -2.13. The zero-order valence-corrected chi connectivity index (χ0v) is 10.4. The summed E-state index contributed by atoms with van der Waals surface area (Å²) in [6, 6.07) is 4.38. The molecule has 0 heterocycles. The van der Waals surface area contributed by atoms with Crippen LogP contribution >= 0.6 is 23.2 Å². The van der Waals surface area contributed by atoms with Crippen LogP contribution < -0.4 is 4.18 Å². The molecule has 0 aromatic heterocycles. The van der Waals surface area contributed by atoms with Gasteiger partial charge in [-0.2, -0.15) is 8.42 Å². The van der Waals surface area contributed by atoms with Gasteiger partial charge in [0.05, 0.1) is 10.8 Å². The summed E-state index contributed by atoms with van der Waals surface area (Å²) in [7, 11) is -3.55. The van der Waals surface area contributed by atoms with Gasteiger partial charge in [-0.1, -0.05) is 30.1 Å². The molecule has 1 rings (SSSR count). The third-order valence-corrected chi connectivity index (χ3v) is 3.44. The van der Waals surface area contributed by atoms with E-state index in [-0.39, 0.29) is 16.5 Å². The molecule has 0 saturated heterocycles. The molecule has 15 heavy (non-hydrogen) atoms. The highest BCUT2D eigenvalue weighted by Gasteiger charge is 2.13.